The average Bonchev–Trinajstić information content (AvgIpc) is 3.37. The molecule has 0 fully saturated rings. The molecule has 0 radical (unpaired) electrons. The first-order valence-electron chi connectivity index (χ1n) is 33.2. The predicted molar refractivity (Wildman–Crippen MR) is 319 cm³/mol. The smallest absolute Gasteiger partial charge is 0.306 e. The fourth-order valence-corrected chi connectivity index (χ4v) is 11.0. The van der Waals surface area contributed by atoms with Crippen LogP contribution in [-0.2, 0) is 32.7 Å². The SMILES string of the molecule is CCCCCCCCCCCCCCCCCCCCCCCCCCCCCCC(=O)OC(COC(=O)CCCCCCCCCCCCCCCCCCCCCCCCC)COP(=O)([O-])OCC[N+](C)(C)C. The lowest BCUT2D eigenvalue weighted by molar-refractivity contribution is -0.870. The first-order valence-corrected chi connectivity index (χ1v) is 34.7. The van der Waals surface area contributed by atoms with Crippen molar-refractivity contribution in [3.63, 3.8) is 0 Å². The lowest BCUT2D eigenvalue weighted by Gasteiger charge is -2.28. The summed E-state index contributed by atoms with van der Waals surface area (Å²) >= 11 is 0. The molecule has 75 heavy (non-hydrogen) atoms. The minimum Gasteiger partial charge on any atom is -0.756 e. The fraction of sp³-hybridized carbons (Fsp3) is 0.969. The third-order valence-electron chi connectivity index (χ3n) is 15.4. The van der Waals surface area contributed by atoms with E-state index in [4.69, 9.17) is 18.5 Å². The lowest BCUT2D eigenvalue weighted by Crippen LogP contribution is -2.37. The van der Waals surface area contributed by atoms with Crippen molar-refractivity contribution in [2.75, 3.05) is 47.5 Å². The second-order valence-corrected chi connectivity index (χ2v) is 25.6. The van der Waals surface area contributed by atoms with E-state index in [0.717, 1.165) is 32.1 Å². The molecule has 0 aromatic rings. The van der Waals surface area contributed by atoms with Gasteiger partial charge in [-0.3, -0.25) is 14.2 Å². The number of quaternary nitrogens is 1. The highest BCUT2D eigenvalue weighted by molar-refractivity contribution is 7.45. The van der Waals surface area contributed by atoms with Crippen LogP contribution in [0.3, 0.4) is 0 Å². The molecule has 448 valence electrons. The van der Waals surface area contributed by atoms with E-state index in [1.165, 1.54) is 289 Å². The van der Waals surface area contributed by atoms with Gasteiger partial charge >= 0.3 is 11.9 Å². The molecule has 9 nitrogen and oxygen atoms in total. The Morgan fingerprint density at radius 1 is 0.360 bits per heavy atom. The molecule has 0 N–H and O–H groups in total. The number of hydrogen-bond donors (Lipinski definition) is 0. The van der Waals surface area contributed by atoms with E-state index >= 15 is 0 Å². The summed E-state index contributed by atoms with van der Waals surface area (Å²) in [6, 6.07) is 0. The van der Waals surface area contributed by atoms with Gasteiger partial charge in [-0.2, -0.15) is 0 Å². The molecule has 0 aromatic heterocycles. The standard InChI is InChI=1S/C65H130NO8P/c1-6-8-10-12-14-16-18-20-22-24-26-28-30-31-32-33-34-36-38-40-42-44-46-48-50-52-54-56-58-65(68)74-63(62-73-75(69,70)72-60-59-66(3,4)5)61-71-64(67)57-55-53-51-49-47-45-43-41-39-37-35-29-27-25-23-21-19-17-15-13-11-9-7-2/h63H,6-62H2,1-5H3. The Hall–Kier alpha value is -0.990. The molecule has 2 unspecified atom stereocenters. The lowest BCUT2D eigenvalue weighted by atomic mass is 10.0. The maximum Gasteiger partial charge on any atom is 0.306 e. The number of carbonyl (C=O) groups is 2. The molecule has 0 heterocycles. The normalized spacial score (nSPS) is 13.1. The van der Waals surface area contributed by atoms with Crippen molar-refractivity contribution < 1.29 is 42.1 Å². The van der Waals surface area contributed by atoms with Crippen LogP contribution in [-0.4, -0.2) is 70.0 Å². The molecule has 0 aliphatic carbocycles. The molecule has 2 atom stereocenters. The van der Waals surface area contributed by atoms with Crippen molar-refractivity contribution in [2.24, 2.45) is 0 Å². The maximum absolute atomic E-state index is 12.8. The van der Waals surface area contributed by atoms with Crippen molar-refractivity contribution in [3.05, 3.63) is 0 Å². The summed E-state index contributed by atoms with van der Waals surface area (Å²) in [5.74, 6) is -0.805. The second-order valence-electron chi connectivity index (χ2n) is 24.2. The minimum atomic E-state index is -4.63. The average molecular weight is 1080 g/mol. The Balaban J connectivity index is 4.01. The van der Waals surface area contributed by atoms with Gasteiger partial charge in [0.2, 0.25) is 0 Å². The van der Waals surface area contributed by atoms with Gasteiger partial charge < -0.3 is 27.9 Å². The highest BCUT2D eigenvalue weighted by Gasteiger charge is 2.22. The van der Waals surface area contributed by atoms with Crippen LogP contribution in [0.25, 0.3) is 0 Å². The minimum absolute atomic E-state index is 0.0249. The Morgan fingerprint density at radius 3 is 0.853 bits per heavy atom. The van der Waals surface area contributed by atoms with Crippen LogP contribution in [0.2, 0.25) is 0 Å². The number of phosphoric ester groups is 1. The number of unbranched alkanes of at least 4 members (excludes halogenated alkanes) is 49. The van der Waals surface area contributed by atoms with Gasteiger partial charge in [0.05, 0.1) is 27.7 Å². The number of likely N-dealkylation sites (N-methyl/N-ethyl adjacent to an activating group) is 1. The van der Waals surface area contributed by atoms with Crippen LogP contribution in [0.4, 0.5) is 0 Å². The number of rotatable bonds is 63. The summed E-state index contributed by atoms with van der Waals surface area (Å²) in [7, 11) is 1.19. The Labute approximate surface area is 467 Å². The number of carbonyl (C=O) groups excluding carboxylic acids is 2. The van der Waals surface area contributed by atoms with Crippen LogP contribution < -0.4 is 4.89 Å². The van der Waals surface area contributed by atoms with Gasteiger partial charge in [0.15, 0.2) is 6.10 Å². The molecule has 0 aliphatic heterocycles. The van der Waals surface area contributed by atoms with Gasteiger partial charge in [-0.1, -0.05) is 328 Å². The summed E-state index contributed by atoms with van der Waals surface area (Å²) in [6.07, 6.45) is 67.5. The first kappa shape index (κ1) is 74.0. The predicted octanol–water partition coefficient (Wildman–Crippen LogP) is 20.4. The second kappa shape index (κ2) is 57.7. The van der Waals surface area contributed by atoms with Crippen molar-refractivity contribution in [1.29, 1.82) is 0 Å². The fourth-order valence-electron chi connectivity index (χ4n) is 10.3. The molecule has 0 rings (SSSR count). The molecule has 0 saturated carbocycles. The molecule has 0 saturated heterocycles. The largest absolute Gasteiger partial charge is 0.756 e. The van der Waals surface area contributed by atoms with E-state index in [2.05, 4.69) is 13.8 Å². The highest BCUT2D eigenvalue weighted by Crippen LogP contribution is 2.38. The molecule has 0 spiro atoms. The summed E-state index contributed by atoms with van der Waals surface area (Å²) in [6.45, 7) is 4.33. The molecule has 0 bridgehead atoms. The first-order chi connectivity index (χ1) is 36.5. The Morgan fingerprint density at radius 2 is 0.600 bits per heavy atom. The third kappa shape index (κ3) is 62.1. The van der Waals surface area contributed by atoms with Crippen molar-refractivity contribution in [1.82, 2.24) is 0 Å². The maximum atomic E-state index is 12.8. The van der Waals surface area contributed by atoms with Crippen LogP contribution >= 0.6 is 7.82 Å². The van der Waals surface area contributed by atoms with Gasteiger partial charge in [-0.05, 0) is 12.8 Å². The van der Waals surface area contributed by atoms with E-state index in [9.17, 15) is 19.0 Å². The topological polar surface area (TPSA) is 111 Å². The highest BCUT2D eigenvalue weighted by atomic mass is 31.2. The van der Waals surface area contributed by atoms with Crippen molar-refractivity contribution in [3.8, 4) is 0 Å². The van der Waals surface area contributed by atoms with Crippen LogP contribution in [0.15, 0.2) is 0 Å². The van der Waals surface area contributed by atoms with Crippen molar-refractivity contribution in [2.45, 2.75) is 360 Å². The molecule has 0 aliphatic rings. The third-order valence-corrected chi connectivity index (χ3v) is 16.3. The van der Waals surface area contributed by atoms with Gasteiger partial charge in [0.25, 0.3) is 7.82 Å². The summed E-state index contributed by atoms with van der Waals surface area (Å²) in [5, 5.41) is 0. The van der Waals surface area contributed by atoms with E-state index in [1.54, 1.807) is 0 Å². The monoisotopic (exact) mass is 1080 g/mol. The zero-order valence-electron chi connectivity index (χ0n) is 51.0. The number of nitrogens with zero attached hydrogens (tertiary/aromatic N) is 1. The zero-order chi connectivity index (χ0) is 54.9. The van der Waals surface area contributed by atoms with Crippen LogP contribution in [0.1, 0.15) is 354 Å². The van der Waals surface area contributed by atoms with Gasteiger partial charge in [-0.15, -0.1) is 0 Å². The number of ether oxygens (including phenoxy) is 2. The molecular weight excluding hydrogens is 954 g/mol. The Bertz CT molecular complexity index is 1230. The Kier molecular flexibility index (Phi) is 56.9. The number of esters is 2. The summed E-state index contributed by atoms with van der Waals surface area (Å²) in [4.78, 5) is 38.0. The molecule has 0 amide bonds. The number of hydrogen-bond acceptors (Lipinski definition) is 8. The molecule has 10 heteroatoms. The van der Waals surface area contributed by atoms with Gasteiger partial charge in [0, 0.05) is 12.8 Å². The van der Waals surface area contributed by atoms with Gasteiger partial charge in [0.1, 0.15) is 19.8 Å². The van der Waals surface area contributed by atoms with Gasteiger partial charge in [-0.25, -0.2) is 0 Å². The van der Waals surface area contributed by atoms with Crippen molar-refractivity contribution >= 4 is 19.8 Å². The van der Waals surface area contributed by atoms with E-state index < -0.39 is 26.5 Å². The quantitative estimate of drug-likeness (QED) is 0.0256. The van der Waals surface area contributed by atoms with Crippen LogP contribution in [0, 0.1) is 0 Å². The van der Waals surface area contributed by atoms with E-state index in [0.29, 0.717) is 17.4 Å². The molecule has 0 aromatic carbocycles. The molecular formula is C65H130NO8P. The number of phosphoric acid groups is 1. The van der Waals surface area contributed by atoms with E-state index in [1.807, 2.05) is 21.1 Å². The van der Waals surface area contributed by atoms with E-state index in [-0.39, 0.29) is 32.0 Å². The summed E-state index contributed by atoms with van der Waals surface area (Å²) in [5.41, 5.74) is 0. The summed E-state index contributed by atoms with van der Waals surface area (Å²) < 4.78 is 34.3. The van der Waals surface area contributed by atoms with Crippen LogP contribution in [0.5, 0.6) is 0 Å². The zero-order valence-corrected chi connectivity index (χ0v) is 51.9.